The van der Waals surface area contributed by atoms with Gasteiger partial charge in [0.1, 0.15) is 0 Å². The normalized spacial score (nSPS) is 33.3. The van der Waals surface area contributed by atoms with Gasteiger partial charge in [0.25, 0.3) is 0 Å². The van der Waals surface area contributed by atoms with Gasteiger partial charge in [0.2, 0.25) is 0 Å². The van der Waals surface area contributed by atoms with Crippen molar-refractivity contribution in [2.75, 3.05) is 38.0 Å². The van der Waals surface area contributed by atoms with Crippen LogP contribution >= 0.6 is 0 Å². The fraction of sp³-hybridized carbons (Fsp3) is 0.667. The second-order valence-corrected chi connectivity index (χ2v) is 7.09. The smallest absolute Gasteiger partial charge is 0.0376 e. The van der Waals surface area contributed by atoms with E-state index in [4.69, 9.17) is 0 Å². The lowest BCUT2D eigenvalue weighted by Crippen LogP contribution is -2.55. The van der Waals surface area contributed by atoms with Crippen molar-refractivity contribution in [3.05, 3.63) is 29.8 Å². The summed E-state index contributed by atoms with van der Waals surface area (Å²) in [6.07, 6.45) is 4.09. The third kappa shape index (κ3) is 2.58. The van der Waals surface area contributed by atoms with E-state index in [-0.39, 0.29) is 0 Å². The van der Waals surface area contributed by atoms with Gasteiger partial charge in [-0.05, 0) is 44.4 Å². The Morgan fingerprint density at radius 1 is 1.19 bits per heavy atom. The zero-order chi connectivity index (χ0) is 14.2. The molecule has 3 unspecified atom stereocenters. The molecule has 0 spiro atoms. The Morgan fingerprint density at radius 2 is 2.10 bits per heavy atom. The quantitative estimate of drug-likeness (QED) is 0.901. The molecule has 21 heavy (non-hydrogen) atoms. The summed E-state index contributed by atoms with van der Waals surface area (Å²) in [7, 11) is 0. The van der Waals surface area contributed by atoms with Crippen LogP contribution in [0.5, 0.6) is 0 Å². The first-order valence-corrected chi connectivity index (χ1v) is 8.62. The average molecular weight is 285 g/mol. The lowest BCUT2D eigenvalue weighted by molar-refractivity contribution is 0.0544. The maximum Gasteiger partial charge on any atom is 0.0376 e. The summed E-state index contributed by atoms with van der Waals surface area (Å²) < 4.78 is 0. The second kappa shape index (κ2) is 5.62. The molecule has 3 aliphatic heterocycles. The molecule has 3 heteroatoms. The molecule has 4 rings (SSSR count). The summed E-state index contributed by atoms with van der Waals surface area (Å²) in [6, 6.07) is 10.4. The third-order valence-corrected chi connectivity index (χ3v) is 5.73. The highest BCUT2D eigenvalue weighted by Gasteiger charge is 2.35. The van der Waals surface area contributed by atoms with Crippen molar-refractivity contribution in [3.63, 3.8) is 0 Å². The Balaban J connectivity index is 1.49. The minimum absolute atomic E-state index is 0.706. The number of nitrogens with one attached hydrogen (secondary N) is 1. The Labute approximate surface area is 128 Å². The van der Waals surface area contributed by atoms with Crippen LogP contribution in [0.1, 0.15) is 37.7 Å². The molecule has 0 amide bonds. The van der Waals surface area contributed by atoms with E-state index in [9.17, 15) is 0 Å². The number of hydrogen-bond acceptors (Lipinski definition) is 3. The molecule has 114 valence electrons. The summed E-state index contributed by atoms with van der Waals surface area (Å²) in [5.41, 5.74) is 2.89. The third-order valence-electron chi connectivity index (χ3n) is 5.73. The fourth-order valence-corrected chi connectivity index (χ4v) is 4.53. The Morgan fingerprint density at radius 3 is 3.05 bits per heavy atom. The van der Waals surface area contributed by atoms with Crippen molar-refractivity contribution in [1.29, 1.82) is 0 Å². The monoisotopic (exact) mass is 285 g/mol. The topological polar surface area (TPSA) is 18.5 Å². The molecular formula is C18H27N3. The predicted octanol–water partition coefficient (Wildman–Crippen LogP) is 2.75. The first-order valence-electron chi connectivity index (χ1n) is 8.62. The highest BCUT2D eigenvalue weighted by Crippen LogP contribution is 2.33. The molecule has 3 atom stereocenters. The van der Waals surface area contributed by atoms with Crippen molar-refractivity contribution in [3.8, 4) is 0 Å². The average Bonchev–Trinajstić information content (AvgIpc) is 2.95. The van der Waals surface area contributed by atoms with Crippen LogP contribution < -0.4 is 5.32 Å². The van der Waals surface area contributed by atoms with Crippen molar-refractivity contribution in [2.45, 2.75) is 44.2 Å². The number of rotatable bonds is 2. The lowest BCUT2D eigenvalue weighted by Gasteiger charge is -2.44. The zero-order valence-corrected chi connectivity index (χ0v) is 13.1. The first-order chi connectivity index (χ1) is 10.3. The van der Waals surface area contributed by atoms with Gasteiger partial charge in [0, 0.05) is 49.9 Å². The van der Waals surface area contributed by atoms with E-state index in [2.05, 4.69) is 46.3 Å². The van der Waals surface area contributed by atoms with Crippen LogP contribution in [0, 0.1) is 0 Å². The van der Waals surface area contributed by atoms with Crippen LogP contribution in [0.4, 0.5) is 5.69 Å². The van der Waals surface area contributed by atoms with Gasteiger partial charge in [-0.2, -0.15) is 0 Å². The van der Waals surface area contributed by atoms with Gasteiger partial charge in [-0.1, -0.05) is 18.2 Å². The molecule has 1 aromatic carbocycles. The number of anilines is 1. The molecule has 3 nitrogen and oxygen atoms in total. The molecule has 2 fully saturated rings. The molecular weight excluding hydrogens is 258 g/mol. The largest absolute Gasteiger partial charge is 0.385 e. The van der Waals surface area contributed by atoms with Gasteiger partial charge in [-0.25, -0.2) is 0 Å². The molecule has 1 aromatic rings. The Hall–Kier alpha value is -1.06. The molecule has 0 aromatic heterocycles. The minimum Gasteiger partial charge on any atom is -0.385 e. The molecule has 0 aliphatic carbocycles. The van der Waals surface area contributed by atoms with E-state index in [0.29, 0.717) is 12.0 Å². The molecule has 3 aliphatic rings. The van der Waals surface area contributed by atoms with E-state index < -0.39 is 0 Å². The van der Waals surface area contributed by atoms with Crippen molar-refractivity contribution in [2.24, 2.45) is 0 Å². The zero-order valence-electron chi connectivity index (χ0n) is 13.1. The van der Waals surface area contributed by atoms with Crippen LogP contribution in [-0.2, 0) is 0 Å². The number of benzene rings is 1. The maximum absolute atomic E-state index is 3.55. The van der Waals surface area contributed by atoms with Crippen molar-refractivity contribution < 1.29 is 0 Å². The molecule has 0 bridgehead atoms. The van der Waals surface area contributed by atoms with Gasteiger partial charge in [0.05, 0.1) is 0 Å². The molecule has 1 N–H and O–H groups in total. The molecule has 3 heterocycles. The Kier molecular flexibility index (Phi) is 3.64. The lowest BCUT2D eigenvalue weighted by atomic mass is 9.89. The van der Waals surface area contributed by atoms with Gasteiger partial charge in [-0.15, -0.1) is 0 Å². The van der Waals surface area contributed by atoms with E-state index in [1.165, 1.54) is 56.7 Å². The van der Waals surface area contributed by atoms with E-state index >= 15 is 0 Å². The van der Waals surface area contributed by atoms with Crippen LogP contribution in [0.15, 0.2) is 24.3 Å². The maximum atomic E-state index is 3.55. The van der Waals surface area contributed by atoms with Crippen molar-refractivity contribution in [1.82, 2.24) is 9.80 Å². The van der Waals surface area contributed by atoms with Gasteiger partial charge in [0.15, 0.2) is 0 Å². The van der Waals surface area contributed by atoms with Gasteiger partial charge < -0.3 is 5.32 Å². The molecule has 2 saturated heterocycles. The summed E-state index contributed by atoms with van der Waals surface area (Å²) in [4.78, 5) is 5.48. The molecule has 0 saturated carbocycles. The van der Waals surface area contributed by atoms with E-state index in [1.807, 2.05) is 0 Å². The number of piperazine rings is 1. The number of fused-ring (bicyclic) bond motifs is 2. The second-order valence-electron chi connectivity index (χ2n) is 7.09. The predicted molar refractivity (Wildman–Crippen MR) is 87.9 cm³/mol. The summed E-state index contributed by atoms with van der Waals surface area (Å²) in [5.74, 6) is 0.706. The molecule has 0 radical (unpaired) electrons. The van der Waals surface area contributed by atoms with Gasteiger partial charge >= 0.3 is 0 Å². The van der Waals surface area contributed by atoms with Crippen LogP contribution in [-0.4, -0.2) is 54.6 Å². The summed E-state index contributed by atoms with van der Waals surface area (Å²) in [6.45, 7) is 8.68. The summed E-state index contributed by atoms with van der Waals surface area (Å²) >= 11 is 0. The van der Waals surface area contributed by atoms with Crippen molar-refractivity contribution >= 4 is 5.69 Å². The highest BCUT2D eigenvalue weighted by molar-refractivity contribution is 5.54. The van der Waals surface area contributed by atoms with Crippen LogP contribution in [0.25, 0.3) is 0 Å². The number of nitrogens with zero attached hydrogens (tertiary/aromatic N) is 2. The van der Waals surface area contributed by atoms with Crippen LogP contribution in [0.3, 0.4) is 0 Å². The fourth-order valence-electron chi connectivity index (χ4n) is 4.53. The highest BCUT2D eigenvalue weighted by atomic mass is 15.3. The van der Waals surface area contributed by atoms with Crippen LogP contribution in [0.2, 0.25) is 0 Å². The van der Waals surface area contributed by atoms with E-state index in [0.717, 1.165) is 12.6 Å². The Bertz CT molecular complexity index is 501. The number of para-hydroxylation sites is 1. The van der Waals surface area contributed by atoms with Gasteiger partial charge in [-0.3, -0.25) is 9.80 Å². The summed E-state index contributed by atoms with van der Waals surface area (Å²) in [5, 5.41) is 3.55. The number of hydrogen-bond donors (Lipinski definition) is 1. The SMILES string of the molecule is CC1CN2CCCC2CN1CC1CCNc2ccccc21. The minimum atomic E-state index is 0.706. The first kappa shape index (κ1) is 13.6. The van der Waals surface area contributed by atoms with E-state index in [1.54, 1.807) is 0 Å². The standard InChI is InChI=1S/C18H27N3/c1-14-11-20-10-4-5-16(20)13-21(14)12-15-8-9-19-18-7-3-2-6-17(15)18/h2-3,6-7,14-16,19H,4-5,8-13H2,1H3.